The summed E-state index contributed by atoms with van der Waals surface area (Å²) in [5, 5.41) is 7.36. The van der Waals surface area contributed by atoms with Crippen LogP contribution in [0.1, 0.15) is 30.7 Å². The summed E-state index contributed by atoms with van der Waals surface area (Å²) in [4.78, 5) is 28.9. The summed E-state index contributed by atoms with van der Waals surface area (Å²) in [6, 6.07) is 20.2. The Hall–Kier alpha value is -3.63. The molecule has 0 unspecified atom stereocenters. The van der Waals surface area contributed by atoms with Crippen LogP contribution < -0.4 is 10.7 Å². The van der Waals surface area contributed by atoms with Crippen molar-refractivity contribution in [3.05, 3.63) is 78.1 Å². The van der Waals surface area contributed by atoms with Crippen molar-refractivity contribution < 1.29 is 18.7 Å². The van der Waals surface area contributed by atoms with E-state index >= 15 is 0 Å². The molecule has 2 N–H and O–H groups in total. The number of furan rings is 1. The van der Waals surface area contributed by atoms with Gasteiger partial charge in [-0.05, 0) is 48.5 Å². The zero-order valence-corrected chi connectivity index (χ0v) is 19.9. The molecule has 0 saturated carbocycles. The van der Waals surface area contributed by atoms with Gasteiger partial charge in [-0.15, -0.1) is 11.3 Å². The molecule has 2 aromatic carbocycles. The van der Waals surface area contributed by atoms with Gasteiger partial charge in [0, 0.05) is 0 Å². The van der Waals surface area contributed by atoms with E-state index < -0.39 is 12.1 Å². The monoisotopic (exact) mass is 494 g/mol. The summed E-state index contributed by atoms with van der Waals surface area (Å²) in [6.07, 6.45) is 0.842. The topological polar surface area (TPSA) is 106 Å². The molecule has 0 bridgehead atoms. The minimum Gasteiger partial charge on any atom is -0.450 e. The number of hydrazone groups is 1. The number of amides is 2. The number of para-hydroxylation sites is 1. The first-order chi connectivity index (χ1) is 16.6. The maximum absolute atomic E-state index is 12.4. The lowest BCUT2D eigenvalue weighted by Crippen LogP contribution is -2.33. The number of hydrogen-bond donors (Lipinski definition) is 2. The van der Waals surface area contributed by atoms with Crippen LogP contribution in [0, 0.1) is 0 Å². The quantitative estimate of drug-likeness (QED) is 0.239. The molecule has 0 saturated heterocycles. The number of rotatable bonds is 9. The molecule has 4 aromatic rings. The second kappa shape index (κ2) is 11.5. The van der Waals surface area contributed by atoms with Gasteiger partial charge >= 0.3 is 6.09 Å². The van der Waals surface area contributed by atoms with Gasteiger partial charge in [0.1, 0.15) is 5.76 Å². The maximum Gasteiger partial charge on any atom is 0.407 e. The molecule has 0 spiro atoms. The molecule has 2 heterocycles. The zero-order chi connectivity index (χ0) is 23.8. The summed E-state index contributed by atoms with van der Waals surface area (Å²) in [5.41, 5.74) is 4.22. The number of alkyl carbamates (subject to hydrolysis) is 1. The number of fused-ring (bicyclic) bond motifs is 1. The Kier molecular flexibility index (Phi) is 7.95. The Morgan fingerprint density at radius 3 is 2.74 bits per heavy atom. The number of aromatic nitrogens is 1. The van der Waals surface area contributed by atoms with Crippen LogP contribution in [0.3, 0.4) is 0 Å². The van der Waals surface area contributed by atoms with Gasteiger partial charge in [0.25, 0.3) is 0 Å². The maximum atomic E-state index is 12.4. The highest BCUT2D eigenvalue weighted by molar-refractivity contribution is 8.01. The van der Waals surface area contributed by atoms with E-state index in [-0.39, 0.29) is 18.9 Å². The Labute approximate surface area is 204 Å². The molecule has 10 heteroatoms. The van der Waals surface area contributed by atoms with Gasteiger partial charge in [0.05, 0.1) is 35.5 Å². The molecule has 2 aromatic heterocycles. The first kappa shape index (κ1) is 23.5. The third-order valence-electron chi connectivity index (χ3n) is 4.60. The normalized spacial score (nSPS) is 12.0. The van der Waals surface area contributed by atoms with Gasteiger partial charge in [-0.2, -0.15) is 5.10 Å². The number of carbonyl (C=O) groups is 2. The van der Waals surface area contributed by atoms with Crippen LogP contribution in [-0.4, -0.2) is 29.8 Å². The fraction of sp³-hybridized carbons (Fsp3) is 0.167. The van der Waals surface area contributed by atoms with Crippen molar-refractivity contribution in [1.82, 2.24) is 15.7 Å². The summed E-state index contributed by atoms with van der Waals surface area (Å²) in [7, 11) is 0. The number of carbonyl (C=O) groups excluding carboxylic acids is 2. The number of thiazole rings is 1. The molecule has 2 amide bonds. The SMILES string of the molecule is CCOC(=O)N[C@@H](CC(=O)N/N=C\c1ccc(Sc2nc3ccccc3s2)o1)c1ccccc1. The van der Waals surface area contributed by atoms with Crippen molar-refractivity contribution in [2.45, 2.75) is 28.8 Å². The Morgan fingerprint density at radius 1 is 1.15 bits per heavy atom. The van der Waals surface area contributed by atoms with Crippen LogP contribution in [0.5, 0.6) is 0 Å². The van der Waals surface area contributed by atoms with Crippen molar-refractivity contribution in [3.8, 4) is 0 Å². The molecule has 0 aliphatic carbocycles. The lowest BCUT2D eigenvalue weighted by atomic mass is 10.0. The summed E-state index contributed by atoms with van der Waals surface area (Å²) in [6.45, 7) is 1.96. The van der Waals surface area contributed by atoms with E-state index in [1.807, 2.05) is 60.7 Å². The molecule has 0 radical (unpaired) electrons. The Morgan fingerprint density at radius 2 is 1.94 bits per heavy atom. The molecule has 174 valence electrons. The minimum absolute atomic E-state index is 0.00295. The molecule has 1 atom stereocenters. The first-order valence-electron chi connectivity index (χ1n) is 10.5. The van der Waals surface area contributed by atoms with E-state index in [1.54, 1.807) is 24.3 Å². The average Bonchev–Trinajstić information content (AvgIpc) is 3.45. The summed E-state index contributed by atoms with van der Waals surface area (Å²) >= 11 is 3.03. The van der Waals surface area contributed by atoms with Crippen molar-refractivity contribution in [2.24, 2.45) is 5.10 Å². The predicted octanol–water partition coefficient (Wildman–Crippen LogP) is 5.37. The highest BCUT2D eigenvalue weighted by atomic mass is 32.2. The van der Waals surface area contributed by atoms with Crippen LogP contribution in [0.15, 0.2) is 85.7 Å². The van der Waals surface area contributed by atoms with Gasteiger partial charge in [-0.1, -0.05) is 42.5 Å². The van der Waals surface area contributed by atoms with Crippen molar-refractivity contribution in [1.29, 1.82) is 0 Å². The van der Waals surface area contributed by atoms with E-state index in [2.05, 4.69) is 20.8 Å². The number of nitrogens with one attached hydrogen (secondary N) is 2. The molecule has 34 heavy (non-hydrogen) atoms. The van der Waals surface area contributed by atoms with Crippen molar-refractivity contribution >= 4 is 51.5 Å². The zero-order valence-electron chi connectivity index (χ0n) is 18.3. The summed E-state index contributed by atoms with van der Waals surface area (Å²) < 4.78 is 12.7. The highest BCUT2D eigenvalue weighted by Crippen LogP contribution is 2.34. The van der Waals surface area contributed by atoms with E-state index in [0.717, 1.165) is 20.1 Å². The van der Waals surface area contributed by atoms with Gasteiger partial charge in [-0.25, -0.2) is 15.2 Å². The fourth-order valence-electron chi connectivity index (χ4n) is 3.09. The van der Waals surface area contributed by atoms with Gasteiger partial charge in [0.15, 0.2) is 9.43 Å². The second-order valence-electron chi connectivity index (χ2n) is 7.03. The lowest BCUT2D eigenvalue weighted by Gasteiger charge is -2.17. The largest absolute Gasteiger partial charge is 0.450 e. The molecule has 0 fully saturated rings. The van der Waals surface area contributed by atoms with E-state index in [9.17, 15) is 9.59 Å². The van der Waals surface area contributed by atoms with Crippen LogP contribution >= 0.6 is 23.1 Å². The van der Waals surface area contributed by atoms with Crippen LogP contribution in [0.25, 0.3) is 10.2 Å². The number of benzene rings is 2. The number of nitrogens with zero attached hydrogens (tertiary/aromatic N) is 2. The second-order valence-corrected chi connectivity index (χ2v) is 9.31. The van der Waals surface area contributed by atoms with Crippen molar-refractivity contribution in [2.75, 3.05) is 6.61 Å². The fourth-order valence-corrected chi connectivity index (χ4v) is 5.06. The minimum atomic E-state index is -0.582. The molecular formula is C24H22N4O4S2. The third-order valence-corrected chi connectivity index (χ3v) is 6.62. The van der Waals surface area contributed by atoms with E-state index in [4.69, 9.17) is 9.15 Å². The molecule has 8 nitrogen and oxygen atoms in total. The highest BCUT2D eigenvalue weighted by Gasteiger charge is 2.19. The number of hydrogen-bond acceptors (Lipinski definition) is 8. The first-order valence-corrected chi connectivity index (χ1v) is 12.2. The Balaban J connectivity index is 1.32. The molecular weight excluding hydrogens is 472 g/mol. The summed E-state index contributed by atoms with van der Waals surface area (Å²) in [5.74, 6) is 0.130. The predicted molar refractivity (Wildman–Crippen MR) is 132 cm³/mol. The smallest absolute Gasteiger partial charge is 0.407 e. The van der Waals surface area contributed by atoms with E-state index in [1.165, 1.54) is 18.0 Å². The van der Waals surface area contributed by atoms with Gasteiger partial charge in [0.2, 0.25) is 5.91 Å². The molecule has 0 aliphatic rings. The van der Waals surface area contributed by atoms with Gasteiger partial charge in [-0.3, -0.25) is 4.79 Å². The van der Waals surface area contributed by atoms with Crippen LogP contribution in [0.4, 0.5) is 4.79 Å². The average molecular weight is 495 g/mol. The van der Waals surface area contributed by atoms with E-state index in [0.29, 0.717) is 10.9 Å². The van der Waals surface area contributed by atoms with Crippen molar-refractivity contribution in [3.63, 3.8) is 0 Å². The lowest BCUT2D eigenvalue weighted by molar-refractivity contribution is -0.121. The van der Waals surface area contributed by atoms with Crippen LogP contribution in [-0.2, 0) is 9.53 Å². The molecule has 4 rings (SSSR count). The standard InChI is InChI=1S/C24H22N4O4S2/c1-2-31-23(30)26-19(16-8-4-3-5-9-16)14-21(29)28-25-15-17-12-13-22(32-17)34-24-27-18-10-6-7-11-20(18)33-24/h3-13,15,19H,2,14H2,1H3,(H,26,30)(H,28,29)/b25-15-/t19-/m0/s1. The molecule has 0 aliphatic heterocycles. The Bertz CT molecular complexity index is 1250. The van der Waals surface area contributed by atoms with Gasteiger partial charge < -0.3 is 14.5 Å². The van der Waals surface area contributed by atoms with Crippen LogP contribution in [0.2, 0.25) is 0 Å². The third kappa shape index (κ3) is 6.46. The number of ether oxygens (including phenoxy) is 1.